The largest absolute Gasteiger partial charge is 0.355 e. The number of hydrogen-bond acceptors (Lipinski definition) is 0. The van der Waals surface area contributed by atoms with Crippen molar-refractivity contribution in [1.82, 2.24) is 19.9 Å². The highest BCUT2D eigenvalue weighted by molar-refractivity contribution is 9.09. The molecule has 0 saturated heterocycles. The molecule has 1 aliphatic rings. The highest BCUT2D eigenvalue weighted by Gasteiger charge is 2.14. The second-order valence-electron chi connectivity index (χ2n) is 9.92. The molecule has 6 heteroatoms. The van der Waals surface area contributed by atoms with Gasteiger partial charge in [-0.2, -0.15) is 0 Å². The molecule has 0 aromatic carbocycles. The van der Waals surface area contributed by atoms with Crippen LogP contribution in [-0.2, 0) is 12.8 Å². The van der Waals surface area contributed by atoms with Crippen LogP contribution in [-0.4, -0.2) is 30.6 Å². The minimum atomic E-state index is 1.000. The Morgan fingerprint density at radius 2 is 1.31 bits per heavy atom. The molecule has 0 saturated carbocycles. The van der Waals surface area contributed by atoms with Gasteiger partial charge in [-0.25, -0.2) is 0 Å². The van der Waals surface area contributed by atoms with Gasteiger partial charge in [0.15, 0.2) is 0 Å². The number of alkyl halides is 2. The molecular weight excluding hydrogens is 576 g/mol. The van der Waals surface area contributed by atoms with Crippen molar-refractivity contribution in [2.75, 3.05) is 10.7 Å². The predicted molar refractivity (Wildman–Crippen MR) is 159 cm³/mol. The molecule has 0 unspecified atom stereocenters. The van der Waals surface area contributed by atoms with Crippen LogP contribution in [0.1, 0.15) is 69.0 Å². The lowest BCUT2D eigenvalue weighted by Gasteiger charge is -2.02. The number of rotatable bonds is 6. The Hall–Kier alpha value is -2.44. The van der Waals surface area contributed by atoms with Gasteiger partial charge in [0.05, 0.1) is 0 Å². The van der Waals surface area contributed by atoms with Crippen LogP contribution in [0, 0.1) is 27.7 Å². The molecule has 5 heterocycles. The van der Waals surface area contributed by atoms with E-state index in [1.54, 1.807) is 0 Å². The third-order valence-corrected chi connectivity index (χ3v) is 8.47. The summed E-state index contributed by atoms with van der Waals surface area (Å²) < 4.78 is 0. The summed E-state index contributed by atoms with van der Waals surface area (Å²) in [5, 5.41) is 6.62. The zero-order chi connectivity index (χ0) is 25.4. The van der Waals surface area contributed by atoms with Crippen LogP contribution in [0.15, 0.2) is 12.1 Å². The summed E-state index contributed by atoms with van der Waals surface area (Å²) in [5.74, 6) is 0. The number of aromatic amines is 4. The molecule has 4 aromatic heterocycles. The number of aromatic nitrogens is 4. The first-order chi connectivity index (χ1) is 17.4. The Labute approximate surface area is 229 Å². The Kier molecular flexibility index (Phi) is 7.36. The summed E-state index contributed by atoms with van der Waals surface area (Å²) in [6.07, 6.45) is 13.3. The third kappa shape index (κ3) is 4.90. The quantitative estimate of drug-likeness (QED) is 0.205. The normalized spacial score (nSPS) is 12.6. The molecule has 188 valence electrons. The first-order valence-corrected chi connectivity index (χ1v) is 14.9. The monoisotopic (exact) mass is 608 g/mol. The highest BCUT2D eigenvalue weighted by atomic mass is 79.9. The van der Waals surface area contributed by atoms with Crippen molar-refractivity contribution in [3.05, 3.63) is 89.7 Å². The number of hydrogen-bond donors (Lipinski definition) is 4. The third-order valence-electron chi connectivity index (χ3n) is 7.35. The molecule has 0 radical (unpaired) electrons. The summed E-state index contributed by atoms with van der Waals surface area (Å²) in [4.78, 5) is 14.8. The van der Waals surface area contributed by atoms with E-state index in [4.69, 9.17) is 0 Å². The summed E-state index contributed by atoms with van der Waals surface area (Å²) in [6, 6.07) is 4.45. The van der Waals surface area contributed by atoms with Gasteiger partial charge < -0.3 is 19.9 Å². The smallest absolute Gasteiger partial charge is 0.0441 e. The number of fused-ring (bicyclic) bond motifs is 8. The second-order valence-corrected chi connectivity index (χ2v) is 11.5. The van der Waals surface area contributed by atoms with Crippen LogP contribution in [0.3, 0.4) is 0 Å². The van der Waals surface area contributed by atoms with E-state index in [0.717, 1.165) is 58.4 Å². The van der Waals surface area contributed by atoms with E-state index in [0.29, 0.717) is 0 Å². The Balaban J connectivity index is 1.85. The molecular formula is C30H34Br2N4. The van der Waals surface area contributed by atoms with Crippen LogP contribution in [0.5, 0.6) is 0 Å². The van der Waals surface area contributed by atoms with Crippen molar-refractivity contribution in [2.24, 2.45) is 0 Å². The maximum absolute atomic E-state index is 3.78. The fourth-order valence-corrected chi connectivity index (χ4v) is 5.84. The summed E-state index contributed by atoms with van der Waals surface area (Å²) >= 11 is 7.27. The van der Waals surface area contributed by atoms with Gasteiger partial charge in [-0.1, -0.05) is 31.9 Å². The van der Waals surface area contributed by atoms with E-state index >= 15 is 0 Å². The lowest BCUT2D eigenvalue weighted by atomic mass is 10.0. The average Bonchev–Trinajstić information content (AvgIpc) is 3.53. The van der Waals surface area contributed by atoms with Crippen molar-refractivity contribution >= 4 is 56.2 Å². The van der Waals surface area contributed by atoms with Gasteiger partial charge in [-0.3, -0.25) is 0 Å². The van der Waals surface area contributed by atoms with Crippen molar-refractivity contribution in [2.45, 2.75) is 53.4 Å². The van der Waals surface area contributed by atoms with Gasteiger partial charge in [0.25, 0.3) is 0 Å². The molecule has 36 heavy (non-hydrogen) atoms. The maximum atomic E-state index is 3.78. The Bertz CT molecular complexity index is 1660. The highest BCUT2D eigenvalue weighted by Crippen LogP contribution is 2.22. The van der Waals surface area contributed by atoms with Crippen LogP contribution >= 0.6 is 31.9 Å². The minimum Gasteiger partial charge on any atom is -0.355 e. The van der Waals surface area contributed by atoms with Gasteiger partial charge in [0, 0.05) is 54.8 Å². The zero-order valence-corrected chi connectivity index (χ0v) is 24.6. The van der Waals surface area contributed by atoms with Crippen LogP contribution in [0.2, 0.25) is 0 Å². The SMILES string of the molecule is Cc1cc2[nH]c1C=c1cc(C)c([nH]1)=Cc1[nH]c(c(CCCBr)c1C)C=c1[nH]c(c(C)c1CCCBr)=C2. The predicted octanol–water partition coefficient (Wildman–Crippen LogP) is 4.52. The standard InChI is InChI=1S/C30H34Br2N4/c1-17-11-22-14-27-19(3)23(7-5-9-31)29(35-27)16-30-24(8-6-10-32)20(4)28(36-30)15-26-18(2)12-21(34-26)13-25(17)33-22/h11-16,33-36H,5-10H2,1-4H3. The topological polar surface area (TPSA) is 63.2 Å². The first kappa shape index (κ1) is 25.2. The molecule has 0 fully saturated rings. The van der Waals surface area contributed by atoms with Gasteiger partial charge in [0.2, 0.25) is 0 Å². The lowest BCUT2D eigenvalue weighted by molar-refractivity contribution is 0.922. The van der Waals surface area contributed by atoms with E-state index in [1.807, 2.05) is 0 Å². The molecule has 0 amide bonds. The Morgan fingerprint density at radius 3 is 2.06 bits per heavy atom. The molecule has 4 nitrogen and oxygen atoms in total. The van der Waals surface area contributed by atoms with Gasteiger partial charge in [-0.15, -0.1) is 0 Å². The number of H-pyrrole nitrogens is 4. The molecule has 0 atom stereocenters. The molecule has 4 N–H and O–H groups in total. The maximum Gasteiger partial charge on any atom is 0.0441 e. The van der Waals surface area contributed by atoms with Gasteiger partial charge in [0.1, 0.15) is 0 Å². The zero-order valence-electron chi connectivity index (χ0n) is 21.5. The average molecular weight is 610 g/mol. The van der Waals surface area contributed by atoms with Crippen molar-refractivity contribution in [3.63, 3.8) is 0 Å². The van der Waals surface area contributed by atoms with Crippen LogP contribution in [0.4, 0.5) is 0 Å². The molecule has 4 aromatic rings. The minimum absolute atomic E-state index is 1.000. The molecule has 1 aliphatic heterocycles. The van der Waals surface area contributed by atoms with Gasteiger partial charge in [-0.05, 0) is 123 Å². The van der Waals surface area contributed by atoms with Crippen molar-refractivity contribution in [3.8, 4) is 0 Å². The summed E-state index contributed by atoms with van der Waals surface area (Å²) in [7, 11) is 0. The van der Waals surface area contributed by atoms with E-state index in [1.165, 1.54) is 55.5 Å². The fourth-order valence-electron chi connectivity index (χ4n) is 5.28. The molecule has 5 rings (SSSR count). The van der Waals surface area contributed by atoms with E-state index in [2.05, 4.69) is 116 Å². The van der Waals surface area contributed by atoms with E-state index < -0.39 is 0 Å². The number of aryl methyl sites for hydroxylation is 2. The fraction of sp³-hybridized carbons (Fsp3) is 0.333. The van der Waals surface area contributed by atoms with E-state index in [-0.39, 0.29) is 0 Å². The second kappa shape index (κ2) is 10.5. The van der Waals surface area contributed by atoms with Crippen LogP contribution < -0.4 is 21.4 Å². The van der Waals surface area contributed by atoms with Crippen molar-refractivity contribution < 1.29 is 0 Å². The molecule has 0 aliphatic carbocycles. The summed E-state index contributed by atoms with van der Waals surface area (Å²) in [5.41, 5.74) is 12.5. The first-order valence-electron chi connectivity index (χ1n) is 12.7. The van der Waals surface area contributed by atoms with Gasteiger partial charge >= 0.3 is 0 Å². The number of nitrogens with one attached hydrogen (secondary N) is 4. The molecule has 8 bridgehead atoms. The van der Waals surface area contributed by atoms with Crippen LogP contribution in [0.25, 0.3) is 24.3 Å². The summed E-state index contributed by atoms with van der Waals surface area (Å²) in [6.45, 7) is 8.83. The van der Waals surface area contributed by atoms with E-state index in [9.17, 15) is 0 Å². The number of halogens is 2. The lowest BCUT2D eigenvalue weighted by Crippen LogP contribution is -2.13. The Morgan fingerprint density at radius 1 is 0.583 bits per heavy atom. The van der Waals surface area contributed by atoms with Crippen molar-refractivity contribution in [1.29, 1.82) is 0 Å². The molecule has 0 spiro atoms.